The number of imidazole rings is 1. The van der Waals surface area contributed by atoms with E-state index in [1.54, 1.807) is 24.4 Å². The van der Waals surface area contributed by atoms with E-state index >= 15 is 0 Å². The second kappa shape index (κ2) is 10.5. The first-order valence-corrected chi connectivity index (χ1v) is 13.4. The normalized spacial score (nSPS) is 17.0. The summed E-state index contributed by atoms with van der Waals surface area (Å²) >= 11 is 12.3. The van der Waals surface area contributed by atoms with Crippen molar-refractivity contribution in [1.82, 2.24) is 19.2 Å². The van der Waals surface area contributed by atoms with E-state index < -0.39 is 15.9 Å². The van der Waals surface area contributed by atoms with Crippen LogP contribution in [-0.4, -0.2) is 41.3 Å². The lowest BCUT2D eigenvalue weighted by atomic mass is 9.99. The minimum atomic E-state index is -3.67. The molecule has 0 radical (unpaired) electrons. The molecule has 1 N–H and O–H groups in total. The third kappa shape index (κ3) is 5.63. The van der Waals surface area contributed by atoms with Crippen LogP contribution in [0.25, 0.3) is 5.69 Å². The number of amides is 1. The number of benzene rings is 2. The van der Waals surface area contributed by atoms with E-state index in [9.17, 15) is 13.2 Å². The summed E-state index contributed by atoms with van der Waals surface area (Å²) in [7, 11) is -3.67. The maximum atomic E-state index is 13.0. The van der Waals surface area contributed by atoms with Gasteiger partial charge in [0.2, 0.25) is 15.9 Å². The quantitative estimate of drug-likeness (QED) is 0.501. The van der Waals surface area contributed by atoms with Crippen LogP contribution in [0.2, 0.25) is 10.0 Å². The largest absolute Gasteiger partial charge is 0.352 e. The van der Waals surface area contributed by atoms with Crippen molar-refractivity contribution in [2.45, 2.75) is 32.1 Å². The fourth-order valence-corrected chi connectivity index (χ4v) is 6.47. The standard InChI is InChI=1S/C24H26Cl2N4O3S/c1-17-27-11-13-30(17)20-9-7-18(8-10-20)14-28-24(31)19-4-3-12-29(15-19)34(32,33)16-21-22(25)5-2-6-23(21)26/h2,5-11,13,19H,3-4,12,14-16H2,1H3,(H,28,31). The number of nitrogens with one attached hydrogen (secondary N) is 1. The smallest absolute Gasteiger partial charge is 0.224 e. The van der Waals surface area contributed by atoms with Gasteiger partial charge in [0.15, 0.2) is 0 Å². The second-order valence-electron chi connectivity index (χ2n) is 8.38. The fourth-order valence-electron chi connectivity index (χ4n) is 4.11. The third-order valence-electron chi connectivity index (χ3n) is 6.04. The lowest BCUT2D eigenvalue weighted by Crippen LogP contribution is -2.45. The van der Waals surface area contributed by atoms with Gasteiger partial charge in [0.05, 0.1) is 11.7 Å². The number of hydrogen-bond donors (Lipinski definition) is 1. The van der Waals surface area contributed by atoms with Crippen LogP contribution in [0.1, 0.15) is 29.8 Å². The van der Waals surface area contributed by atoms with Gasteiger partial charge in [-0.2, -0.15) is 0 Å². The van der Waals surface area contributed by atoms with Gasteiger partial charge < -0.3 is 9.88 Å². The summed E-state index contributed by atoms with van der Waals surface area (Å²) in [5.41, 5.74) is 2.34. The monoisotopic (exact) mass is 520 g/mol. The molecule has 34 heavy (non-hydrogen) atoms. The van der Waals surface area contributed by atoms with Crippen LogP contribution in [0.5, 0.6) is 0 Å². The molecule has 180 valence electrons. The molecule has 4 rings (SSSR count). The van der Waals surface area contributed by atoms with Gasteiger partial charge >= 0.3 is 0 Å². The molecule has 0 aliphatic carbocycles. The Morgan fingerprint density at radius 3 is 2.50 bits per heavy atom. The molecule has 1 aliphatic rings. The van der Waals surface area contributed by atoms with Gasteiger partial charge in [0, 0.05) is 53.3 Å². The maximum Gasteiger partial charge on any atom is 0.224 e. The highest BCUT2D eigenvalue weighted by Gasteiger charge is 2.33. The van der Waals surface area contributed by atoms with Gasteiger partial charge in [0.25, 0.3) is 0 Å². The van der Waals surface area contributed by atoms with Gasteiger partial charge in [-0.25, -0.2) is 17.7 Å². The van der Waals surface area contributed by atoms with E-state index in [-0.39, 0.29) is 18.2 Å². The first-order chi connectivity index (χ1) is 16.2. The van der Waals surface area contributed by atoms with Crippen LogP contribution < -0.4 is 5.32 Å². The first kappa shape index (κ1) is 24.7. The molecule has 2 heterocycles. The SMILES string of the molecule is Cc1nccn1-c1ccc(CNC(=O)C2CCCN(S(=O)(=O)Cc3c(Cl)cccc3Cl)C2)cc1. The number of piperidine rings is 1. The summed E-state index contributed by atoms with van der Waals surface area (Å²) in [5.74, 6) is 0.0563. The van der Waals surface area contributed by atoms with Crippen LogP contribution in [0.15, 0.2) is 54.9 Å². The third-order valence-corrected chi connectivity index (χ3v) is 8.52. The van der Waals surface area contributed by atoms with Crippen LogP contribution in [0, 0.1) is 12.8 Å². The zero-order valence-corrected chi connectivity index (χ0v) is 21.1. The second-order valence-corrected chi connectivity index (χ2v) is 11.2. The van der Waals surface area contributed by atoms with Crippen molar-refractivity contribution in [2.75, 3.05) is 13.1 Å². The van der Waals surface area contributed by atoms with Crippen molar-refractivity contribution < 1.29 is 13.2 Å². The van der Waals surface area contributed by atoms with Crippen molar-refractivity contribution in [3.63, 3.8) is 0 Å². The molecular weight excluding hydrogens is 495 g/mol. The Kier molecular flexibility index (Phi) is 7.62. The molecule has 0 saturated carbocycles. The summed E-state index contributed by atoms with van der Waals surface area (Å²) in [6, 6.07) is 12.8. The van der Waals surface area contributed by atoms with Crippen molar-refractivity contribution in [2.24, 2.45) is 5.92 Å². The molecule has 10 heteroatoms. The van der Waals surface area contributed by atoms with E-state index in [4.69, 9.17) is 23.2 Å². The summed E-state index contributed by atoms with van der Waals surface area (Å²) < 4.78 is 29.4. The summed E-state index contributed by atoms with van der Waals surface area (Å²) in [6.45, 7) is 2.84. The Balaban J connectivity index is 1.35. The van der Waals surface area contributed by atoms with Crippen LogP contribution in [0.4, 0.5) is 0 Å². The zero-order valence-electron chi connectivity index (χ0n) is 18.7. The van der Waals surface area contributed by atoms with Gasteiger partial charge in [-0.05, 0) is 49.6 Å². The maximum absolute atomic E-state index is 13.0. The number of rotatable bonds is 7. The molecule has 7 nitrogen and oxygen atoms in total. The number of aryl methyl sites for hydroxylation is 1. The number of halogens is 2. The Morgan fingerprint density at radius 2 is 1.85 bits per heavy atom. The summed E-state index contributed by atoms with van der Waals surface area (Å²) in [4.78, 5) is 17.0. The highest BCUT2D eigenvalue weighted by atomic mass is 35.5. The highest BCUT2D eigenvalue weighted by Crippen LogP contribution is 2.29. The molecule has 2 aromatic carbocycles. The van der Waals surface area contributed by atoms with Crippen molar-refractivity contribution >= 4 is 39.1 Å². The average Bonchev–Trinajstić information content (AvgIpc) is 3.26. The van der Waals surface area contributed by atoms with E-state index in [2.05, 4.69) is 10.3 Å². The van der Waals surface area contributed by atoms with E-state index in [0.717, 1.165) is 17.1 Å². The predicted octanol–water partition coefficient (Wildman–Crippen LogP) is 4.35. The minimum absolute atomic E-state index is 0.148. The molecule has 1 saturated heterocycles. The number of aromatic nitrogens is 2. The molecule has 0 spiro atoms. The van der Waals surface area contributed by atoms with Gasteiger partial charge in [0.1, 0.15) is 5.82 Å². The average molecular weight is 521 g/mol. The fraction of sp³-hybridized carbons (Fsp3) is 0.333. The Hall–Kier alpha value is -2.39. The zero-order chi connectivity index (χ0) is 24.3. The topological polar surface area (TPSA) is 84.3 Å². The van der Waals surface area contributed by atoms with Crippen molar-refractivity contribution in [3.05, 3.63) is 81.9 Å². The van der Waals surface area contributed by atoms with Crippen LogP contribution >= 0.6 is 23.2 Å². The van der Waals surface area contributed by atoms with E-state index in [0.29, 0.717) is 41.5 Å². The van der Waals surface area contributed by atoms with Gasteiger partial charge in [-0.15, -0.1) is 0 Å². The molecule has 1 unspecified atom stereocenters. The Labute approximate surface area is 209 Å². The molecule has 3 aromatic rings. The number of hydrogen-bond acceptors (Lipinski definition) is 4. The number of nitrogens with zero attached hydrogens (tertiary/aromatic N) is 3. The number of carbonyl (C=O) groups excluding carboxylic acids is 1. The first-order valence-electron chi connectivity index (χ1n) is 11.0. The molecule has 1 atom stereocenters. The lowest BCUT2D eigenvalue weighted by Gasteiger charge is -2.31. The Morgan fingerprint density at radius 1 is 1.15 bits per heavy atom. The Bertz CT molecular complexity index is 1260. The lowest BCUT2D eigenvalue weighted by molar-refractivity contribution is -0.126. The number of carbonyl (C=O) groups is 1. The summed E-state index contributed by atoms with van der Waals surface area (Å²) in [6.07, 6.45) is 4.91. The minimum Gasteiger partial charge on any atom is -0.352 e. The summed E-state index contributed by atoms with van der Waals surface area (Å²) in [5, 5.41) is 3.58. The molecule has 1 aliphatic heterocycles. The van der Waals surface area contributed by atoms with Crippen LogP contribution in [0.3, 0.4) is 0 Å². The predicted molar refractivity (Wildman–Crippen MR) is 134 cm³/mol. The molecule has 1 amide bonds. The molecule has 1 fully saturated rings. The molecule has 0 bridgehead atoms. The molecule has 1 aromatic heterocycles. The van der Waals surface area contributed by atoms with Crippen molar-refractivity contribution in [1.29, 1.82) is 0 Å². The van der Waals surface area contributed by atoms with Crippen LogP contribution in [-0.2, 0) is 27.1 Å². The number of sulfonamides is 1. The van der Waals surface area contributed by atoms with E-state index in [1.807, 2.05) is 42.0 Å². The van der Waals surface area contributed by atoms with Gasteiger partial charge in [-0.1, -0.05) is 41.4 Å². The van der Waals surface area contributed by atoms with Gasteiger partial charge in [-0.3, -0.25) is 4.79 Å². The molecular formula is C24H26Cl2N4O3S. The highest BCUT2D eigenvalue weighted by molar-refractivity contribution is 7.88. The van der Waals surface area contributed by atoms with Crippen molar-refractivity contribution in [3.8, 4) is 5.69 Å². The van der Waals surface area contributed by atoms with E-state index in [1.165, 1.54) is 4.31 Å².